The predicted molar refractivity (Wildman–Crippen MR) is 182 cm³/mol. The molecule has 224 valence electrons. The molecule has 0 aliphatic heterocycles. The SMILES string of the molecule is CC1=C(\C=C/C(C)=C/C=C\C(C)=C\C=C\C=C(C)\C=C\C=C(C)\C=C\C2=C(C)C(=O)CCC2(C)C)C(C)(C)CCC1=O. The van der Waals surface area contributed by atoms with Crippen molar-refractivity contribution < 1.29 is 9.59 Å². The zero-order chi connectivity index (χ0) is 31.5. The first-order chi connectivity index (χ1) is 19.6. The highest BCUT2D eigenvalue weighted by atomic mass is 16.1. The van der Waals surface area contributed by atoms with Crippen molar-refractivity contribution in [3.63, 3.8) is 0 Å². The van der Waals surface area contributed by atoms with Crippen LogP contribution in [0.5, 0.6) is 0 Å². The van der Waals surface area contributed by atoms with E-state index in [0.717, 1.165) is 57.4 Å². The van der Waals surface area contributed by atoms with Crippen LogP contribution in [0.15, 0.2) is 130 Å². The molecular weight excluding hydrogens is 512 g/mol. The molecule has 0 fully saturated rings. The van der Waals surface area contributed by atoms with Crippen molar-refractivity contribution in [3.05, 3.63) is 130 Å². The minimum Gasteiger partial charge on any atom is -0.295 e. The molecule has 0 bridgehead atoms. The van der Waals surface area contributed by atoms with Crippen LogP contribution >= 0.6 is 0 Å². The van der Waals surface area contributed by atoms with Crippen molar-refractivity contribution >= 4 is 11.6 Å². The summed E-state index contributed by atoms with van der Waals surface area (Å²) in [5, 5.41) is 0. The summed E-state index contributed by atoms with van der Waals surface area (Å²) >= 11 is 0. The quantitative estimate of drug-likeness (QED) is 0.247. The Hall–Kier alpha value is -3.52. The molecule has 2 rings (SSSR count). The van der Waals surface area contributed by atoms with Gasteiger partial charge in [-0.05, 0) is 87.5 Å². The molecule has 2 aliphatic rings. The molecule has 0 unspecified atom stereocenters. The second kappa shape index (κ2) is 15.6. The van der Waals surface area contributed by atoms with Crippen LogP contribution in [0.1, 0.15) is 94.9 Å². The van der Waals surface area contributed by atoms with Gasteiger partial charge in [0.25, 0.3) is 0 Å². The van der Waals surface area contributed by atoms with E-state index < -0.39 is 0 Å². The molecule has 0 N–H and O–H groups in total. The largest absolute Gasteiger partial charge is 0.295 e. The molecule has 0 aromatic rings. The Morgan fingerprint density at radius 1 is 0.524 bits per heavy atom. The fraction of sp³-hybridized carbons (Fsp3) is 0.400. The molecule has 2 nitrogen and oxygen atoms in total. The van der Waals surface area contributed by atoms with Crippen molar-refractivity contribution in [1.29, 1.82) is 0 Å². The van der Waals surface area contributed by atoms with Gasteiger partial charge in [-0.1, -0.05) is 135 Å². The number of carbonyl (C=O) groups is 2. The van der Waals surface area contributed by atoms with Gasteiger partial charge in [0, 0.05) is 12.8 Å². The molecule has 42 heavy (non-hydrogen) atoms. The average Bonchev–Trinajstić information content (AvgIpc) is 2.91. The number of hydrogen-bond acceptors (Lipinski definition) is 2. The molecule has 0 atom stereocenters. The molecule has 0 spiro atoms. The van der Waals surface area contributed by atoms with Gasteiger partial charge in [-0.25, -0.2) is 0 Å². The summed E-state index contributed by atoms with van der Waals surface area (Å²) in [4.78, 5) is 24.3. The van der Waals surface area contributed by atoms with E-state index in [1.165, 1.54) is 0 Å². The zero-order valence-corrected chi connectivity index (χ0v) is 27.7. The summed E-state index contributed by atoms with van der Waals surface area (Å²) in [6, 6.07) is 0. The van der Waals surface area contributed by atoms with Crippen LogP contribution in [0, 0.1) is 10.8 Å². The minimum atomic E-state index is 0.0404. The number of Topliss-reactive ketones (excluding diaryl/α,β-unsaturated/α-hetero) is 2. The Labute approximate surface area is 256 Å². The van der Waals surface area contributed by atoms with Gasteiger partial charge >= 0.3 is 0 Å². The lowest BCUT2D eigenvalue weighted by atomic mass is 9.72. The van der Waals surface area contributed by atoms with Crippen LogP contribution in [-0.4, -0.2) is 11.6 Å². The molecule has 0 aromatic carbocycles. The molecule has 0 radical (unpaired) electrons. The van der Waals surface area contributed by atoms with Crippen LogP contribution in [-0.2, 0) is 9.59 Å². The van der Waals surface area contributed by atoms with Crippen molar-refractivity contribution in [2.45, 2.75) is 94.9 Å². The van der Waals surface area contributed by atoms with E-state index in [0.29, 0.717) is 12.8 Å². The summed E-state index contributed by atoms with van der Waals surface area (Å²) < 4.78 is 0. The Morgan fingerprint density at radius 3 is 1.19 bits per heavy atom. The van der Waals surface area contributed by atoms with E-state index in [1.807, 2.05) is 13.8 Å². The van der Waals surface area contributed by atoms with E-state index in [4.69, 9.17) is 0 Å². The summed E-state index contributed by atoms with van der Waals surface area (Å²) in [6.07, 6.45) is 32.4. The maximum Gasteiger partial charge on any atom is 0.158 e. The first-order valence-electron chi connectivity index (χ1n) is 15.2. The highest BCUT2D eigenvalue weighted by molar-refractivity contribution is 5.97. The topological polar surface area (TPSA) is 34.1 Å². The number of rotatable bonds is 10. The second-order valence-electron chi connectivity index (χ2n) is 13.1. The number of allylic oxidation sites excluding steroid dienone is 22. The maximum atomic E-state index is 12.2. The Balaban J connectivity index is 1.93. The van der Waals surface area contributed by atoms with Crippen molar-refractivity contribution in [3.8, 4) is 0 Å². The summed E-state index contributed by atoms with van der Waals surface area (Å²) in [7, 11) is 0. The summed E-state index contributed by atoms with van der Waals surface area (Å²) in [6.45, 7) is 21.1. The molecule has 0 aromatic heterocycles. The highest BCUT2D eigenvalue weighted by Crippen LogP contribution is 2.40. The smallest absolute Gasteiger partial charge is 0.158 e. The van der Waals surface area contributed by atoms with Gasteiger partial charge in [0.05, 0.1) is 0 Å². The van der Waals surface area contributed by atoms with Crippen LogP contribution in [0.4, 0.5) is 0 Å². The Bertz CT molecular complexity index is 1270. The third-order valence-electron chi connectivity index (χ3n) is 8.35. The van der Waals surface area contributed by atoms with Crippen molar-refractivity contribution in [2.24, 2.45) is 10.8 Å². The second-order valence-corrected chi connectivity index (χ2v) is 13.1. The first-order valence-corrected chi connectivity index (χ1v) is 15.2. The lowest BCUT2D eigenvalue weighted by Crippen LogP contribution is -2.24. The highest BCUT2D eigenvalue weighted by Gasteiger charge is 2.31. The van der Waals surface area contributed by atoms with Crippen molar-refractivity contribution in [1.82, 2.24) is 0 Å². The van der Waals surface area contributed by atoms with Gasteiger partial charge < -0.3 is 0 Å². The fourth-order valence-electron chi connectivity index (χ4n) is 5.28. The molecule has 2 aliphatic carbocycles. The average molecular weight is 565 g/mol. The third-order valence-corrected chi connectivity index (χ3v) is 8.35. The van der Waals surface area contributed by atoms with Crippen molar-refractivity contribution in [2.75, 3.05) is 0 Å². The molecular formula is C40H52O2. The monoisotopic (exact) mass is 564 g/mol. The fourth-order valence-corrected chi connectivity index (χ4v) is 5.28. The van der Waals surface area contributed by atoms with Gasteiger partial charge in [-0.15, -0.1) is 0 Å². The molecule has 0 amide bonds. The van der Waals surface area contributed by atoms with Gasteiger partial charge in [-0.3, -0.25) is 9.59 Å². The summed E-state index contributed by atoms with van der Waals surface area (Å²) in [5.41, 5.74) is 8.82. The lowest BCUT2D eigenvalue weighted by Gasteiger charge is -2.32. The number of ketones is 2. The summed E-state index contributed by atoms with van der Waals surface area (Å²) in [5.74, 6) is 0.542. The number of carbonyl (C=O) groups excluding carboxylic acids is 2. The first kappa shape index (κ1) is 34.7. The maximum absolute atomic E-state index is 12.2. The Kier molecular flexibility index (Phi) is 12.9. The Morgan fingerprint density at radius 2 is 0.833 bits per heavy atom. The lowest BCUT2D eigenvalue weighted by molar-refractivity contribution is -0.117. The molecule has 0 saturated heterocycles. The standard InChI is InChI=1S/C40H52O2/c1-29(17-13-19-31(3)21-23-35-33(5)37(41)25-27-39(35,7)8)15-11-12-16-30(2)18-14-20-32(4)22-24-36-34(6)38(42)26-28-40(36,9)10/h11-24H,25-28H2,1-10H3/b12-11+,17-13-,18-14+,23-21-,24-22+,29-15+,30-16+,31-19+,32-20+. The predicted octanol–water partition coefficient (Wildman–Crippen LogP) is 11.0. The van der Waals surface area contributed by atoms with E-state index >= 15 is 0 Å². The van der Waals surface area contributed by atoms with E-state index in [-0.39, 0.29) is 22.4 Å². The van der Waals surface area contributed by atoms with Gasteiger partial charge in [0.2, 0.25) is 0 Å². The van der Waals surface area contributed by atoms with Crippen LogP contribution in [0.3, 0.4) is 0 Å². The molecule has 0 heterocycles. The van der Waals surface area contributed by atoms with E-state index in [9.17, 15) is 9.59 Å². The zero-order valence-electron chi connectivity index (χ0n) is 27.7. The molecule has 2 heteroatoms. The van der Waals surface area contributed by atoms with Crippen LogP contribution < -0.4 is 0 Å². The minimum absolute atomic E-state index is 0.0404. The van der Waals surface area contributed by atoms with E-state index in [2.05, 4.69) is 140 Å². The van der Waals surface area contributed by atoms with Crippen LogP contribution in [0.2, 0.25) is 0 Å². The van der Waals surface area contributed by atoms with Gasteiger partial charge in [0.1, 0.15) is 0 Å². The van der Waals surface area contributed by atoms with Crippen LogP contribution in [0.25, 0.3) is 0 Å². The normalized spacial score (nSPS) is 21.6. The van der Waals surface area contributed by atoms with Gasteiger partial charge in [0.15, 0.2) is 11.6 Å². The molecule has 0 saturated carbocycles. The third kappa shape index (κ3) is 10.7. The van der Waals surface area contributed by atoms with E-state index in [1.54, 1.807) is 0 Å². The number of hydrogen-bond donors (Lipinski definition) is 0. The van der Waals surface area contributed by atoms with Gasteiger partial charge in [-0.2, -0.15) is 0 Å².